The van der Waals surface area contributed by atoms with Crippen LogP contribution in [-0.4, -0.2) is 26.6 Å². The smallest absolute Gasteiger partial charge is 0.314 e. The second kappa shape index (κ2) is 7.85. The van der Waals surface area contributed by atoms with Gasteiger partial charge in [-0.1, -0.05) is 18.2 Å². The molecule has 0 atom stereocenters. The number of thioether (sulfide) groups is 1. The number of rotatable bonds is 4. The highest BCUT2D eigenvalue weighted by molar-refractivity contribution is 7.98. The molecule has 2 aromatic heterocycles. The maximum atomic E-state index is 12.5. The van der Waals surface area contributed by atoms with Gasteiger partial charge in [-0.2, -0.15) is 16.9 Å². The molecule has 1 aliphatic heterocycles. The number of pyridine rings is 1. The molecule has 3 heterocycles. The van der Waals surface area contributed by atoms with Crippen molar-refractivity contribution in [2.45, 2.75) is 25.0 Å². The first-order valence-electron chi connectivity index (χ1n) is 8.86. The zero-order valence-electron chi connectivity index (χ0n) is 15.3. The number of aromatic nitrogens is 3. The number of hydrogen-bond donors (Lipinski definition) is 2. The van der Waals surface area contributed by atoms with Gasteiger partial charge in [0.15, 0.2) is 0 Å². The highest BCUT2D eigenvalue weighted by Gasteiger charge is 2.26. The van der Waals surface area contributed by atoms with E-state index in [0.29, 0.717) is 11.5 Å². The monoisotopic (exact) mass is 393 g/mol. The Kier molecular flexibility index (Phi) is 5.12. The van der Waals surface area contributed by atoms with Crippen LogP contribution in [0.15, 0.2) is 48.7 Å². The lowest BCUT2D eigenvalue weighted by atomic mass is 10.2. The Labute approximate surface area is 166 Å². The summed E-state index contributed by atoms with van der Waals surface area (Å²) in [6.45, 7) is 2.19. The van der Waals surface area contributed by atoms with Crippen LogP contribution in [0.2, 0.25) is 0 Å². The molecule has 4 rings (SSSR count). The van der Waals surface area contributed by atoms with Gasteiger partial charge in [0.25, 0.3) is 0 Å². The Morgan fingerprint density at radius 3 is 2.82 bits per heavy atom. The van der Waals surface area contributed by atoms with Gasteiger partial charge in [-0.3, -0.25) is 14.6 Å². The first-order chi connectivity index (χ1) is 13.6. The third-order valence-electron chi connectivity index (χ3n) is 4.39. The van der Waals surface area contributed by atoms with Crippen molar-refractivity contribution in [2.24, 2.45) is 0 Å². The summed E-state index contributed by atoms with van der Waals surface area (Å²) in [6, 6.07) is 13.3. The zero-order chi connectivity index (χ0) is 19.5. The van der Waals surface area contributed by atoms with E-state index < -0.39 is 11.8 Å². The van der Waals surface area contributed by atoms with E-state index in [0.717, 1.165) is 34.0 Å². The van der Waals surface area contributed by atoms with E-state index in [4.69, 9.17) is 0 Å². The number of hydrogen-bond acceptors (Lipinski definition) is 5. The molecule has 7 nitrogen and oxygen atoms in total. The van der Waals surface area contributed by atoms with Gasteiger partial charge >= 0.3 is 11.8 Å². The Morgan fingerprint density at radius 1 is 1.14 bits per heavy atom. The maximum absolute atomic E-state index is 12.5. The number of fused-ring (bicyclic) bond motifs is 1. The Hall–Kier alpha value is -3.13. The minimum Gasteiger partial charge on any atom is -0.342 e. The van der Waals surface area contributed by atoms with Gasteiger partial charge in [-0.05, 0) is 36.8 Å². The van der Waals surface area contributed by atoms with Crippen LogP contribution in [0.1, 0.15) is 22.5 Å². The molecule has 2 N–H and O–H groups in total. The summed E-state index contributed by atoms with van der Waals surface area (Å²) in [4.78, 5) is 28.9. The van der Waals surface area contributed by atoms with Crippen molar-refractivity contribution in [1.82, 2.24) is 20.1 Å². The molecule has 8 heteroatoms. The maximum Gasteiger partial charge on any atom is 0.314 e. The molecule has 0 saturated carbocycles. The number of benzene rings is 1. The van der Waals surface area contributed by atoms with Crippen LogP contribution in [0, 0.1) is 6.92 Å². The fourth-order valence-corrected chi connectivity index (χ4v) is 4.04. The number of nitrogens with one attached hydrogen (secondary N) is 2. The number of carbonyl (C=O) groups is 2. The van der Waals surface area contributed by atoms with Gasteiger partial charge in [0.1, 0.15) is 5.82 Å². The Bertz CT molecular complexity index is 1030. The lowest BCUT2D eigenvalue weighted by Crippen LogP contribution is -2.35. The van der Waals surface area contributed by atoms with Crippen molar-refractivity contribution in [2.75, 3.05) is 5.32 Å². The molecule has 2 amide bonds. The molecule has 0 aliphatic carbocycles. The van der Waals surface area contributed by atoms with Gasteiger partial charge in [-0.25, -0.2) is 4.68 Å². The first kappa shape index (κ1) is 18.2. The summed E-state index contributed by atoms with van der Waals surface area (Å²) < 4.78 is 1.71. The topological polar surface area (TPSA) is 88.9 Å². The molecule has 0 spiro atoms. The third-order valence-corrected chi connectivity index (χ3v) is 5.36. The second-order valence-corrected chi connectivity index (χ2v) is 7.46. The van der Waals surface area contributed by atoms with Crippen molar-refractivity contribution in [3.63, 3.8) is 0 Å². The van der Waals surface area contributed by atoms with Crippen molar-refractivity contribution in [3.8, 4) is 5.69 Å². The molecule has 1 aliphatic rings. The number of nitrogens with zero attached hydrogens (tertiary/aromatic N) is 3. The average Bonchev–Trinajstić information content (AvgIpc) is 3.29. The van der Waals surface area contributed by atoms with Crippen molar-refractivity contribution < 1.29 is 9.59 Å². The van der Waals surface area contributed by atoms with E-state index in [9.17, 15) is 9.59 Å². The minimum atomic E-state index is -0.718. The lowest BCUT2D eigenvalue weighted by Gasteiger charge is -2.11. The third kappa shape index (κ3) is 3.77. The summed E-state index contributed by atoms with van der Waals surface area (Å²) in [7, 11) is 0. The Balaban J connectivity index is 1.54. The number of aryl methyl sites for hydroxylation is 1. The van der Waals surface area contributed by atoms with Gasteiger partial charge in [0.2, 0.25) is 0 Å². The van der Waals surface area contributed by atoms with Crippen molar-refractivity contribution >= 4 is 29.4 Å². The van der Waals surface area contributed by atoms with Crippen LogP contribution in [0.4, 0.5) is 5.82 Å². The number of anilines is 1. The van der Waals surface area contributed by atoms with Crippen LogP contribution >= 0.6 is 11.8 Å². The summed E-state index contributed by atoms with van der Waals surface area (Å²) in [5.74, 6) is 0.685. The van der Waals surface area contributed by atoms with Crippen molar-refractivity contribution in [3.05, 3.63) is 71.2 Å². The molecule has 1 aromatic carbocycles. The SMILES string of the molecule is Cc1cccc(-n2nc3c(c2NC(=O)C(=O)NCc2ccccn2)CSC3)c1. The van der Waals surface area contributed by atoms with Crippen LogP contribution in [-0.2, 0) is 27.6 Å². The highest BCUT2D eigenvalue weighted by Crippen LogP contribution is 2.36. The van der Waals surface area contributed by atoms with Gasteiger partial charge in [0, 0.05) is 23.3 Å². The highest BCUT2D eigenvalue weighted by atomic mass is 32.2. The molecule has 3 aromatic rings. The molecule has 0 fully saturated rings. The average molecular weight is 393 g/mol. The standard InChI is InChI=1S/C20H19N5O2S/c1-13-5-4-7-15(9-13)25-18(16-11-28-12-17(16)24-25)23-20(27)19(26)22-10-14-6-2-3-8-21-14/h2-9H,10-12H2,1H3,(H,22,26)(H,23,27). The molecular formula is C20H19N5O2S. The van der Waals surface area contributed by atoms with E-state index in [1.54, 1.807) is 34.8 Å². The lowest BCUT2D eigenvalue weighted by molar-refractivity contribution is -0.136. The molecule has 142 valence electrons. The summed E-state index contributed by atoms with van der Waals surface area (Å²) in [6.07, 6.45) is 1.64. The molecule has 0 saturated heterocycles. The molecule has 0 radical (unpaired) electrons. The number of carbonyl (C=O) groups excluding carboxylic acids is 2. The predicted molar refractivity (Wildman–Crippen MR) is 108 cm³/mol. The quantitative estimate of drug-likeness (QED) is 0.665. The van der Waals surface area contributed by atoms with Crippen LogP contribution in [0.3, 0.4) is 0 Å². The number of amides is 2. The van der Waals surface area contributed by atoms with Crippen LogP contribution in [0.25, 0.3) is 5.69 Å². The van der Waals surface area contributed by atoms with E-state index >= 15 is 0 Å². The van der Waals surface area contributed by atoms with Crippen molar-refractivity contribution in [1.29, 1.82) is 0 Å². The predicted octanol–water partition coefficient (Wildman–Crippen LogP) is 2.58. The Morgan fingerprint density at radius 2 is 2.04 bits per heavy atom. The fourth-order valence-electron chi connectivity index (χ4n) is 3.01. The summed E-state index contributed by atoms with van der Waals surface area (Å²) in [5.41, 5.74) is 4.54. The van der Waals surface area contributed by atoms with E-state index in [1.165, 1.54) is 0 Å². The largest absolute Gasteiger partial charge is 0.342 e. The molecular weight excluding hydrogens is 374 g/mol. The molecule has 0 bridgehead atoms. The second-order valence-electron chi connectivity index (χ2n) is 6.48. The van der Waals surface area contributed by atoms with Gasteiger partial charge in [0.05, 0.1) is 23.6 Å². The first-order valence-corrected chi connectivity index (χ1v) is 10.0. The van der Waals surface area contributed by atoms with E-state index in [1.807, 2.05) is 37.3 Å². The van der Waals surface area contributed by atoms with Crippen LogP contribution in [0.5, 0.6) is 0 Å². The van der Waals surface area contributed by atoms with Gasteiger partial charge < -0.3 is 10.6 Å². The molecule has 28 heavy (non-hydrogen) atoms. The fraction of sp³-hybridized carbons (Fsp3) is 0.200. The van der Waals surface area contributed by atoms with Crippen LogP contribution < -0.4 is 10.6 Å². The summed E-state index contributed by atoms with van der Waals surface area (Å²) >= 11 is 1.74. The zero-order valence-corrected chi connectivity index (χ0v) is 16.1. The minimum absolute atomic E-state index is 0.193. The molecule has 0 unspecified atom stereocenters. The summed E-state index contributed by atoms with van der Waals surface area (Å²) in [5, 5.41) is 10.0. The van der Waals surface area contributed by atoms with E-state index in [2.05, 4.69) is 20.7 Å². The van der Waals surface area contributed by atoms with E-state index in [-0.39, 0.29) is 6.54 Å². The van der Waals surface area contributed by atoms with Gasteiger partial charge in [-0.15, -0.1) is 0 Å². The normalized spacial score (nSPS) is 12.5.